The molecule has 1 aliphatic rings. The lowest BCUT2D eigenvalue weighted by Crippen LogP contribution is -2.31. The van der Waals surface area contributed by atoms with Crippen molar-refractivity contribution in [2.24, 2.45) is 0 Å². The minimum Gasteiger partial charge on any atom is -0.494 e. The zero-order valence-corrected chi connectivity index (χ0v) is 20.3. The summed E-state index contributed by atoms with van der Waals surface area (Å²) in [6, 6.07) is 25.3. The van der Waals surface area contributed by atoms with Crippen molar-refractivity contribution in [3.8, 4) is 16.9 Å². The normalized spacial score (nSPS) is 14.5. The van der Waals surface area contributed by atoms with E-state index < -0.39 is 0 Å². The third-order valence-corrected chi connectivity index (χ3v) is 6.58. The third kappa shape index (κ3) is 5.92. The van der Waals surface area contributed by atoms with Crippen LogP contribution in [0.5, 0.6) is 5.75 Å². The SMILES string of the molecule is CCOc1ccc(NC(=O)CCN2C(=O)/C(=C/c3ccc(-c4ccccc4)cc3)SC2=S)cc1. The quantitative estimate of drug-likeness (QED) is 0.312. The summed E-state index contributed by atoms with van der Waals surface area (Å²) in [7, 11) is 0. The van der Waals surface area contributed by atoms with Crippen LogP contribution in [0, 0.1) is 0 Å². The second kappa shape index (κ2) is 11.1. The first-order valence-electron chi connectivity index (χ1n) is 11.0. The fourth-order valence-electron chi connectivity index (χ4n) is 3.48. The van der Waals surface area contributed by atoms with Gasteiger partial charge in [0.05, 0.1) is 11.5 Å². The third-order valence-electron chi connectivity index (χ3n) is 5.20. The fourth-order valence-corrected chi connectivity index (χ4v) is 4.79. The molecule has 7 heteroatoms. The van der Waals surface area contributed by atoms with E-state index in [-0.39, 0.29) is 24.8 Å². The highest BCUT2D eigenvalue weighted by Crippen LogP contribution is 2.33. The standard InChI is InChI=1S/C27H24N2O3S2/c1-2-32-23-14-12-22(13-15-23)28-25(30)16-17-29-26(31)24(34-27(29)33)18-19-8-10-21(11-9-19)20-6-4-3-5-7-20/h3-15,18H,2,16-17H2,1H3,(H,28,30)/b24-18-. The molecule has 0 atom stereocenters. The minimum absolute atomic E-state index is 0.151. The van der Waals surface area contributed by atoms with Crippen molar-refractivity contribution in [2.45, 2.75) is 13.3 Å². The minimum atomic E-state index is -0.182. The van der Waals surface area contributed by atoms with Gasteiger partial charge in [0.2, 0.25) is 5.91 Å². The monoisotopic (exact) mass is 488 g/mol. The second-order valence-corrected chi connectivity index (χ2v) is 9.25. The van der Waals surface area contributed by atoms with Crippen LogP contribution in [-0.4, -0.2) is 34.2 Å². The van der Waals surface area contributed by atoms with Crippen LogP contribution in [0.25, 0.3) is 17.2 Å². The lowest BCUT2D eigenvalue weighted by molar-refractivity contribution is -0.122. The number of thiocarbonyl (C=S) groups is 1. The number of thioether (sulfide) groups is 1. The summed E-state index contributed by atoms with van der Waals surface area (Å²) in [6.45, 7) is 2.74. The van der Waals surface area contributed by atoms with Gasteiger partial charge in [-0.2, -0.15) is 0 Å². The highest BCUT2D eigenvalue weighted by atomic mass is 32.2. The van der Waals surface area contributed by atoms with E-state index in [1.54, 1.807) is 24.3 Å². The van der Waals surface area contributed by atoms with E-state index in [2.05, 4.69) is 17.4 Å². The van der Waals surface area contributed by atoms with Crippen molar-refractivity contribution in [1.29, 1.82) is 0 Å². The predicted molar refractivity (Wildman–Crippen MR) is 143 cm³/mol. The topological polar surface area (TPSA) is 58.6 Å². The Kier molecular flexibility index (Phi) is 7.77. The number of ether oxygens (including phenoxy) is 1. The van der Waals surface area contributed by atoms with Gasteiger partial charge in [0, 0.05) is 18.7 Å². The second-order valence-electron chi connectivity index (χ2n) is 7.58. The average molecular weight is 489 g/mol. The van der Waals surface area contributed by atoms with Gasteiger partial charge in [-0.15, -0.1) is 0 Å². The van der Waals surface area contributed by atoms with Gasteiger partial charge in [-0.25, -0.2) is 0 Å². The Labute approximate surface area is 208 Å². The summed E-state index contributed by atoms with van der Waals surface area (Å²) in [5.74, 6) is 0.397. The Bertz CT molecular complexity index is 1210. The Morgan fingerprint density at radius 3 is 2.35 bits per heavy atom. The first-order chi connectivity index (χ1) is 16.5. The van der Waals surface area contributed by atoms with Crippen LogP contribution in [0.4, 0.5) is 5.69 Å². The van der Waals surface area contributed by atoms with Gasteiger partial charge in [-0.3, -0.25) is 14.5 Å². The predicted octanol–water partition coefficient (Wildman–Crippen LogP) is 5.98. The van der Waals surface area contributed by atoms with Gasteiger partial charge in [-0.1, -0.05) is 78.6 Å². The van der Waals surface area contributed by atoms with Crippen LogP contribution < -0.4 is 10.1 Å². The summed E-state index contributed by atoms with van der Waals surface area (Å²) >= 11 is 6.66. The lowest BCUT2D eigenvalue weighted by atomic mass is 10.0. The Morgan fingerprint density at radius 1 is 1.00 bits per heavy atom. The molecule has 0 bridgehead atoms. The van der Waals surface area contributed by atoms with E-state index in [0.29, 0.717) is 21.5 Å². The summed E-state index contributed by atoms with van der Waals surface area (Å²) in [5, 5.41) is 2.84. The molecule has 0 aliphatic carbocycles. The number of rotatable bonds is 8. The zero-order valence-electron chi connectivity index (χ0n) is 18.7. The van der Waals surface area contributed by atoms with Crippen molar-refractivity contribution >= 4 is 51.9 Å². The number of nitrogens with one attached hydrogen (secondary N) is 1. The molecule has 0 radical (unpaired) electrons. The first kappa shape index (κ1) is 23.7. The molecule has 1 heterocycles. The zero-order chi connectivity index (χ0) is 23.9. The molecule has 4 rings (SSSR count). The smallest absolute Gasteiger partial charge is 0.266 e. The van der Waals surface area contributed by atoms with Gasteiger partial charge in [0.1, 0.15) is 10.1 Å². The molecular weight excluding hydrogens is 464 g/mol. The van der Waals surface area contributed by atoms with E-state index in [1.165, 1.54) is 16.7 Å². The number of anilines is 1. The Balaban J connectivity index is 1.34. The molecule has 1 aliphatic heterocycles. The molecule has 1 N–H and O–H groups in total. The van der Waals surface area contributed by atoms with Gasteiger partial charge >= 0.3 is 0 Å². The molecule has 0 unspecified atom stereocenters. The van der Waals surface area contributed by atoms with Gasteiger partial charge < -0.3 is 10.1 Å². The first-order valence-corrected chi connectivity index (χ1v) is 12.2. The number of carbonyl (C=O) groups is 2. The maximum Gasteiger partial charge on any atom is 0.266 e. The van der Waals surface area contributed by atoms with Gasteiger partial charge in [-0.05, 0) is 54.0 Å². The van der Waals surface area contributed by atoms with Crippen LogP contribution in [0.1, 0.15) is 18.9 Å². The number of hydrogen-bond donors (Lipinski definition) is 1. The molecular formula is C27H24N2O3S2. The lowest BCUT2D eigenvalue weighted by Gasteiger charge is -2.14. The van der Waals surface area contributed by atoms with E-state index in [9.17, 15) is 9.59 Å². The molecule has 5 nitrogen and oxygen atoms in total. The van der Waals surface area contributed by atoms with Crippen LogP contribution in [0.3, 0.4) is 0 Å². The van der Waals surface area contributed by atoms with Crippen molar-refractivity contribution < 1.29 is 14.3 Å². The number of hydrogen-bond acceptors (Lipinski definition) is 5. The maximum absolute atomic E-state index is 12.9. The molecule has 1 fully saturated rings. The molecule has 34 heavy (non-hydrogen) atoms. The summed E-state index contributed by atoms with van der Waals surface area (Å²) in [6.07, 6.45) is 1.99. The molecule has 3 aromatic rings. The van der Waals surface area contributed by atoms with Crippen LogP contribution in [0.2, 0.25) is 0 Å². The van der Waals surface area contributed by atoms with Crippen molar-refractivity contribution in [2.75, 3.05) is 18.5 Å². The molecule has 0 saturated carbocycles. The highest BCUT2D eigenvalue weighted by Gasteiger charge is 2.32. The summed E-state index contributed by atoms with van der Waals surface area (Å²) in [5.41, 5.74) is 3.86. The highest BCUT2D eigenvalue weighted by molar-refractivity contribution is 8.26. The van der Waals surface area contributed by atoms with Crippen LogP contribution in [-0.2, 0) is 9.59 Å². The molecule has 3 aromatic carbocycles. The largest absolute Gasteiger partial charge is 0.494 e. The van der Waals surface area contributed by atoms with E-state index in [1.807, 2.05) is 55.5 Å². The molecule has 172 valence electrons. The maximum atomic E-state index is 12.9. The summed E-state index contributed by atoms with van der Waals surface area (Å²) in [4.78, 5) is 27.3. The van der Waals surface area contributed by atoms with E-state index >= 15 is 0 Å². The van der Waals surface area contributed by atoms with Gasteiger partial charge in [0.25, 0.3) is 5.91 Å². The molecule has 2 amide bonds. The molecule has 0 aromatic heterocycles. The van der Waals surface area contributed by atoms with E-state index in [0.717, 1.165) is 22.4 Å². The number of carbonyl (C=O) groups excluding carboxylic acids is 2. The van der Waals surface area contributed by atoms with Crippen molar-refractivity contribution in [3.63, 3.8) is 0 Å². The van der Waals surface area contributed by atoms with Crippen LogP contribution >= 0.6 is 24.0 Å². The van der Waals surface area contributed by atoms with Crippen molar-refractivity contribution in [1.82, 2.24) is 4.90 Å². The summed E-state index contributed by atoms with van der Waals surface area (Å²) < 4.78 is 5.87. The van der Waals surface area contributed by atoms with E-state index in [4.69, 9.17) is 17.0 Å². The molecule has 0 spiro atoms. The van der Waals surface area contributed by atoms with Gasteiger partial charge in [0.15, 0.2) is 0 Å². The number of amides is 2. The van der Waals surface area contributed by atoms with Crippen LogP contribution in [0.15, 0.2) is 83.8 Å². The average Bonchev–Trinajstić information content (AvgIpc) is 3.12. The van der Waals surface area contributed by atoms with Crippen molar-refractivity contribution in [3.05, 3.63) is 89.3 Å². The fraction of sp³-hybridized carbons (Fsp3) is 0.148. The Morgan fingerprint density at radius 2 is 1.68 bits per heavy atom. The molecule has 1 saturated heterocycles. The number of benzene rings is 3. The Hall–Kier alpha value is -3.42. The number of nitrogens with zero attached hydrogens (tertiary/aromatic N) is 1.